The first-order valence-corrected chi connectivity index (χ1v) is 14.2. The van der Waals surface area contributed by atoms with E-state index in [0.29, 0.717) is 11.4 Å². The number of rotatable bonds is 8. The zero-order valence-electron chi connectivity index (χ0n) is 24.3. The zero-order chi connectivity index (χ0) is 29.1. The minimum absolute atomic E-state index is 0.0383. The van der Waals surface area contributed by atoms with E-state index in [1.807, 2.05) is 57.3 Å². The molecule has 8 heteroatoms. The molecule has 2 heterocycles. The van der Waals surface area contributed by atoms with Crippen molar-refractivity contribution in [2.75, 3.05) is 50.1 Å². The Labute approximate surface area is 241 Å². The average molecular weight is 555 g/mol. The number of carbonyl (C=O) groups excluding carboxylic acids is 3. The second-order valence-electron chi connectivity index (χ2n) is 11.1. The Balaban J connectivity index is 1.36. The number of aryl methyl sites for hydroxylation is 2. The van der Waals surface area contributed by atoms with Crippen molar-refractivity contribution in [1.82, 2.24) is 9.80 Å². The van der Waals surface area contributed by atoms with Crippen molar-refractivity contribution in [1.29, 1.82) is 0 Å². The molecule has 0 saturated carbocycles. The first kappa shape index (κ1) is 28.4. The molecule has 1 saturated heterocycles. The fourth-order valence-electron chi connectivity index (χ4n) is 5.55. The standard InChI is InChI=1S/C33H38N4O4/c1-22-17-29-31(18-23(22)2)41-21-33(40)37(29)20-32(39)35(4)30(19-36-15-5-6-16-36)27-9-7-25(8-10-27)26-11-13-28(14-12-26)34-24(3)38/h7-14,17-18,30H,5-6,15-16,19-21H2,1-4H3,(H,34,38). The lowest BCUT2D eigenvalue weighted by atomic mass is 9.99. The van der Waals surface area contributed by atoms with Gasteiger partial charge >= 0.3 is 0 Å². The van der Waals surface area contributed by atoms with Gasteiger partial charge in [-0.05, 0) is 91.9 Å². The van der Waals surface area contributed by atoms with E-state index in [-0.39, 0.29) is 36.9 Å². The third-order valence-corrected chi connectivity index (χ3v) is 8.14. The number of amides is 3. The molecule has 3 aromatic carbocycles. The van der Waals surface area contributed by atoms with Crippen molar-refractivity contribution in [2.24, 2.45) is 0 Å². The van der Waals surface area contributed by atoms with Gasteiger partial charge in [0.25, 0.3) is 5.91 Å². The SMILES string of the molecule is CC(=O)Nc1ccc(-c2ccc(C(CN3CCCC3)N(C)C(=O)CN3C(=O)COc4cc(C)c(C)cc43)cc2)cc1. The van der Waals surface area contributed by atoms with Crippen LogP contribution in [-0.2, 0) is 14.4 Å². The van der Waals surface area contributed by atoms with Crippen LogP contribution in [0.5, 0.6) is 5.75 Å². The van der Waals surface area contributed by atoms with E-state index in [2.05, 4.69) is 34.5 Å². The van der Waals surface area contributed by atoms with Crippen LogP contribution in [0.3, 0.4) is 0 Å². The van der Waals surface area contributed by atoms with Gasteiger partial charge in [0.1, 0.15) is 12.3 Å². The number of benzene rings is 3. The third-order valence-electron chi connectivity index (χ3n) is 8.14. The topological polar surface area (TPSA) is 82.2 Å². The predicted octanol–water partition coefficient (Wildman–Crippen LogP) is 4.95. The van der Waals surface area contributed by atoms with Gasteiger partial charge in [-0.25, -0.2) is 0 Å². The molecule has 1 atom stereocenters. The molecule has 2 aliphatic rings. The van der Waals surface area contributed by atoms with Gasteiger partial charge in [-0.3, -0.25) is 19.3 Å². The number of carbonyl (C=O) groups is 3. The van der Waals surface area contributed by atoms with Gasteiger partial charge < -0.3 is 19.9 Å². The first-order chi connectivity index (χ1) is 19.7. The monoisotopic (exact) mass is 554 g/mol. The van der Waals surface area contributed by atoms with E-state index in [1.54, 1.807) is 9.80 Å². The quantitative estimate of drug-likeness (QED) is 0.426. The molecule has 1 unspecified atom stereocenters. The average Bonchev–Trinajstić information content (AvgIpc) is 3.48. The highest BCUT2D eigenvalue weighted by Crippen LogP contribution is 2.35. The predicted molar refractivity (Wildman–Crippen MR) is 161 cm³/mol. The minimum Gasteiger partial charge on any atom is -0.482 e. The summed E-state index contributed by atoms with van der Waals surface area (Å²) < 4.78 is 5.68. The Kier molecular flexibility index (Phi) is 8.40. The van der Waals surface area contributed by atoms with Crippen LogP contribution in [0.15, 0.2) is 60.7 Å². The minimum atomic E-state index is -0.215. The maximum atomic E-state index is 13.7. The number of fused-ring (bicyclic) bond motifs is 1. The van der Waals surface area contributed by atoms with Crippen LogP contribution >= 0.6 is 0 Å². The molecule has 0 spiro atoms. The maximum absolute atomic E-state index is 13.7. The van der Waals surface area contributed by atoms with E-state index in [4.69, 9.17) is 4.74 Å². The van der Waals surface area contributed by atoms with Crippen molar-refractivity contribution in [3.63, 3.8) is 0 Å². The van der Waals surface area contributed by atoms with E-state index >= 15 is 0 Å². The molecule has 0 radical (unpaired) electrons. The third kappa shape index (κ3) is 6.43. The largest absolute Gasteiger partial charge is 0.482 e. The smallest absolute Gasteiger partial charge is 0.265 e. The van der Waals surface area contributed by atoms with Gasteiger partial charge in [0.05, 0.1) is 11.7 Å². The van der Waals surface area contributed by atoms with E-state index < -0.39 is 0 Å². The zero-order valence-corrected chi connectivity index (χ0v) is 24.3. The van der Waals surface area contributed by atoms with Gasteiger partial charge in [-0.15, -0.1) is 0 Å². The van der Waals surface area contributed by atoms with Gasteiger partial charge in [-0.1, -0.05) is 36.4 Å². The Morgan fingerprint density at radius 3 is 2.20 bits per heavy atom. The molecule has 1 N–H and O–H groups in total. The van der Waals surface area contributed by atoms with Gasteiger partial charge in [0.15, 0.2) is 6.61 Å². The number of likely N-dealkylation sites (N-methyl/N-ethyl adjacent to an activating group) is 1. The highest BCUT2D eigenvalue weighted by molar-refractivity contribution is 6.02. The fourth-order valence-corrected chi connectivity index (χ4v) is 5.55. The van der Waals surface area contributed by atoms with Crippen molar-refractivity contribution in [3.8, 4) is 16.9 Å². The Morgan fingerprint density at radius 2 is 1.56 bits per heavy atom. The summed E-state index contributed by atoms with van der Waals surface area (Å²) >= 11 is 0. The molecule has 0 aliphatic carbocycles. The van der Waals surface area contributed by atoms with E-state index in [0.717, 1.165) is 66.0 Å². The summed E-state index contributed by atoms with van der Waals surface area (Å²) in [6.45, 7) is 8.16. The van der Waals surface area contributed by atoms with Gasteiger partial charge in [-0.2, -0.15) is 0 Å². The van der Waals surface area contributed by atoms with Crippen LogP contribution in [0, 0.1) is 13.8 Å². The van der Waals surface area contributed by atoms with Crippen molar-refractivity contribution in [2.45, 2.75) is 39.7 Å². The maximum Gasteiger partial charge on any atom is 0.265 e. The molecule has 5 rings (SSSR count). The second kappa shape index (κ2) is 12.1. The Hall–Kier alpha value is -4.17. The lowest BCUT2D eigenvalue weighted by Gasteiger charge is -2.35. The molecule has 0 bridgehead atoms. The van der Waals surface area contributed by atoms with Crippen molar-refractivity contribution in [3.05, 3.63) is 77.4 Å². The number of nitrogens with one attached hydrogen (secondary N) is 1. The number of ether oxygens (including phenoxy) is 1. The first-order valence-electron chi connectivity index (χ1n) is 14.2. The summed E-state index contributed by atoms with van der Waals surface area (Å²) in [5.74, 6) is 0.202. The van der Waals surface area contributed by atoms with E-state index in [9.17, 15) is 14.4 Å². The van der Waals surface area contributed by atoms with Crippen LogP contribution in [0.25, 0.3) is 11.1 Å². The van der Waals surface area contributed by atoms with Gasteiger partial charge in [0.2, 0.25) is 11.8 Å². The summed E-state index contributed by atoms with van der Waals surface area (Å²) in [5.41, 5.74) is 6.68. The number of nitrogens with zero attached hydrogens (tertiary/aromatic N) is 3. The van der Waals surface area contributed by atoms with Crippen LogP contribution in [-0.4, -0.2) is 67.4 Å². The summed E-state index contributed by atoms with van der Waals surface area (Å²) in [6.07, 6.45) is 2.32. The van der Waals surface area contributed by atoms with Crippen LogP contribution < -0.4 is 15.0 Å². The Bertz CT molecular complexity index is 1430. The molecular formula is C33H38N4O4. The summed E-state index contributed by atoms with van der Waals surface area (Å²) in [5, 5.41) is 2.79. The fraction of sp³-hybridized carbons (Fsp3) is 0.364. The summed E-state index contributed by atoms with van der Waals surface area (Å²) in [6, 6.07) is 19.8. The lowest BCUT2D eigenvalue weighted by molar-refractivity contribution is -0.133. The van der Waals surface area contributed by atoms with Gasteiger partial charge in [0, 0.05) is 26.2 Å². The molecule has 2 aliphatic heterocycles. The lowest BCUT2D eigenvalue weighted by Crippen LogP contribution is -2.47. The second-order valence-corrected chi connectivity index (χ2v) is 11.1. The van der Waals surface area contributed by atoms with Crippen LogP contribution in [0.2, 0.25) is 0 Å². The molecular weight excluding hydrogens is 516 g/mol. The number of anilines is 2. The molecule has 1 fully saturated rings. The number of likely N-dealkylation sites (tertiary alicyclic amines) is 1. The molecule has 214 valence electrons. The molecule has 3 amide bonds. The Morgan fingerprint density at radius 1 is 0.951 bits per heavy atom. The summed E-state index contributed by atoms with van der Waals surface area (Å²) in [4.78, 5) is 43.7. The molecule has 41 heavy (non-hydrogen) atoms. The molecule has 3 aromatic rings. The number of hydrogen-bond acceptors (Lipinski definition) is 5. The number of hydrogen-bond donors (Lipinski definition) is 1. The molecule has 0 aromatic heterocycles. The van der Waals surface area contributed by atoms with Crippen LogP contribution in [0.4, 0.5) is 11.4 Å². The highest BCUT2D eigenvalue weighted by Gasteiger charge is 2.32. The van der Waals surface area contributed by atoms with Crippen LogP contribution in [0.1, 0.15) is 42.5 Å². The van der Waals surface area contributed by atoms with Crippen molar-refractivity contribution < 1.29 is 19.1 Å². The summed E-state index contributed by atoms with van der Waals surface area (Å²) in [7, 11) is 1.84. The van der Waals surface area contributed by atoms with E-state index in [1.165, 1.54) is 6.92 Å². The molecule has 8 nitrogen and oxygen atoms in total. The normalized spacial score (nSPS) is 15.7. The van der Waals surface area contributed by atoms with Crippen molar-refractivity contribution >= 4 is 29.1 Å². The highest BCUT2D eigenvalue weighted by atomic mass is 16.5.